The van der Waals surface area contributed by atoms with Crippen molar-refractivity contribution in [1.82, 2.24) is 14.9 Å². The average Bonchev–Trinajstić information content (AvgIpc) is 2.92. The summed E-state index contributed by atoms with van der Waals surface area (Å²) < 4.78 is 2.04. The minimum atomic E-state index is -0.0558. The van der Waals surface area contributed by atoms with E-state index in [-0.39, 0.29) is 11.2 Å². The van der Waals surface area contributed by atoms with Crippen molar-refractivity contribution in [3.05, 3.63) is 36.7 Å². The lowest BCUT2D eigenvalue weighted by Gasteiger charge is -2.15. The van der Waals surface area contributed by atoms with Crippen LogP contribution in [0.3, 0.4) is 0 Å². The molecule has 1 saturated heterocycles. The van der Waals surface area contributed by atoms with Gasteiger partial charge in [0.15, 0.2) is 5.16 Å². The number of rotatable bonds is 4. The maximum Gasteiger partial charge on any atom is 0.233 e. The second kappa shape index (κ2) is 7.08. The molecule has 0 saturated carbocycles. The number of aromatic nitrogens is 2. The Hall–Kier alpha value is -1.95. The lowest BCUT2D eigenvalue weighted by Crippen LogP contribution is -2.30. The Kier molecular flexibility index (Phi) is 4.91. The predicted octanol–water partition coefficient (Wildman–Crippen LogP) is 2.70. The van der Waals surface area contributed by atoms with Gasteiger partial charge in [-0.15, -0.1) is 0 Å². The van der Waals surface area contributed by atoms with Crippen LogP contribution in [-0.4, -0.2) is 41.3 Å². The van der Waals surface area contributed by atoms with E-state index < -0.39 is 0 Å². The molecule has 6 heteroatoms. The van der Waals surface area contributed by atoms with Gasteiger partial charge >= 0.3 is 0 Å². The maximum absolute atomic E-state index is 12.1. The minimum Gasteiger partial charge on any atom is -0.378 e. The standard InChI is InChI=1S/C17H22N4OS/c1-20(2)13-6-8-14(9-7-13)21-12-11-19-17(21)23-15-5-3-4-10-18-16(15)22/h6-9,11-12,15H,3-5,10H2,1-2H3,(H,18,22). The molecular weight excluding hydrogens is 308 g/mol. The molecular formula is C17H22N4OS. The maximum atomic E-state index is 12.1. The van der Waals surface area contributed by atoms with Crippen LogP contribution in [0.15, 0.2) is 41.8 Å². The number of benzene rings is 1. The Bertz CT molecular complexity index is 665. The van der Waals surface area contributed by atoms with Crippen molar-refractivity contribution in [3.8, 4) is 5.69 Å². The van der Waals surface area contributed by atoms with Gasteiger partial charge in [-0.1, -0.05) is 18.2 Å². The number of carbonyl (C=O) groups is 1. The third-order valence-corrected chi connectivity index (χ3v) is 5.23. The summed E-state index contributed by atoms with van der Waals surface area (Å²) in [5.41, 5.74) is 2.22. The van der Waals surface area contributed by atoms with Crippen molar-refractivity contribution in [2.75, 3.05) is 25.5 Å². The van der Waals surface area contributed by atoms with Crippen LogP contribution in [0.2, 0.25) is 0 Å². The second-order valence-electron chi connectivity index (χ2n) is 5.88. The van der Waals surface area contributed by atoms with Crippen molar-refractivity contribution < 1.29 is 4.79 Å². The lowest BCUT2D eigenvalue weighted by molar-refractivity contribution is -0.120. The van der Waals surface area contributed by atoms with Gasteiger partial charge < -0.3 is 10.2 Å². The third kappa shape index (κ3) is 3.69. The van der Waals surface area contributed by atoms with Crippen LogP contribution in [-0.2, 0) is 4.79 Å². The molecule has 0 bridgehead atoms. The number of nitrogens with zero attached hydrogens (tertiary/aromatic N) is 3. The fourth-order valence-electron chi connectivity index (χ4n) is 2.64. The molecule has 1 unspecified atom stereocenters. The molecule has 5 nitrogen and oxygen atoms in total. The van der Waals surface area contributed by atoms with E-state index >= 15 is 0 Å². The summed E-state index contributed by atoms with van der Waals surface area (Å²) in [7, 11) is 4.05. The van der Waals surface area contributed by atoms with E-state index in [0.29, 0.717) is 0 Å². The lowest BCUT2D eigenvalue weighted by atomic mass is 10.2. The number of imidazole rings is 1. The van der Waals surface area contributed by atoms with Gasteiger partial charge in [0, 0.05) is 44.4 Å². The topological polar surface area (TPSA) is 50.2 Å². The molecule has 0 aliphatic carbocycles. The van der Waals surface area contributed by atoms with Crippen molar-refractivity contribution in [2.24, 2.45) is 0 Å². The Morgan fingerprint density at radius 2 is 2.04 bits per heavy atom. The zero-order chi connectivity index (χ0) is 16.2. The predicted molar refractivity (Wildman–Crippen MR) is 94.4 cm³/mol. The van der Waals surface area contributed by atoms with Crippen molar-refractivity contribution >= 4 is 23.4 Å². The van der Waals surface area contributed by atoms with E-state index in [1.807, 2.05) is 24.9 Å². The number of thioether (sulfide) groups is 1. The van der Waals surface area contributed by atoms with Crippen LogP contribution >= 0.6 is 11.8 Å². The van der Waals surface area contributed by atoms with Gasteiger partial charge in [-0.3, -0.25) is 9.36 Å². The largest absolute Gasteiger partial charge is 0.378 e. The van der Waals surface area contributed by atoms with Crippen LogP contribution in [0.4, 0.5) is 5.69 Å². The summed E-state index contributed by atoms with van der Waals surface area (Å²) in [5.74, 6) is 0.130. The van der Waals surface area contributed by atoms with Crippen molar-refractivity contribution in [3.63, 3.8) is 0 Å². The fourth-order valence-corrected chi connectivity index (χ4v) is 3.77. The molecule has 1 atom stereocenters. The highest BCUT2D eigenvalue weighted by Gasteiger charge is 2.23. The molecule has 0 radical (unpaired) electrons. The van der Waals surface area contributed by atoms with Gasteiger partial charge in [0.05, 0.1) is 5.25 Å². The number of nitrogens with one attached hydrogen (secondary N) is 1. The Morgan fingerprint density at radius 3 is 2.78 bits per heavy atom. The van der Waals surface area contributed by atoms with E-state index in [4.69, 9.17) is 0 Å². The molecule has 122 valence electrons. The summed E-state index contributed by atoms with van der Waals surface area (Å²) in [5, 5.41) is 3.79. The highest BCUT2D eigenvalue weighted by molar-refractivity contribution is 8.00. The molecule has 23 heavy (non-hydrogen) atoms. The van der Waals surface area contributed by atoms with Gasteiger partial charge in [-0.2, -0.15) is 0 Å². The molecule has 1 aliphatic heterocycles. The quantitative estimate of drug-likeness (QED) is 0.936. The molecule has 2 heterocycles. The molecule has 1 amide bonds. The molecule has 1 aliphatic rings. The number of amides is 1. The highest BCUT2D eigenvalue weighted by Crippen LogP contribution is 2.29. The first-order valence-electron chi connectivity index (χ1n) is 7.90. The molecule has 1 aromatic heterocycles. The number of hydrogen-bond acceptors (Lipinski definition) is 4. The molecule has 1 aromatic carbocycles. The summed E-state index contributed by atoms with van der Waals surface area (Å²) in [4.78, 5) is 18.7. The molecule has 1 N–H and O–H groups in total. The van der Waals surface area contributed by atoms with Gasteiger partial charge in [-0.05, 0) is 37.1 Å². The zero-order valence-electron chi connectivity index (χ0n) is 13.5. The third-order valence-electron chi connectivity index (χ3n) is 3.98. The summed E-state index contributed by atoms with van der Waals surface area (Å²) in [6, 6.07) is 8.33. The molecule has 3 rings (SSSR count). The molecule has 0 spiro atoms. The Labute approximate surface area is 141 Å². The first-order chi connectivity index (χ1) is 11.1. The van der Waals surface area contributed by atoms with Crippen LogP contribution < -0.4 is 10.2 Å². The summed E-state index contributed by atoms with van der Waals surface area (Å²) in [6.45, 7) is 0.788. The normalized spacial score (nSPS) is 18.3. The van der Waals surface area contributed by atoms with E-state index in [2.05, 4.69) is 39.5 Å². The zero-order valence-corrected chi connectivity index (χ0v) is 14.3. The summed E-state index contributed by atoms with van der Waals surface area (Å²) >= 11 is 1.55. The Balaban J connectivity index is 1.80. The number of anilines is 1. The SMILES string of the molecule is CN(C)c1ccc(-n2ccnc2SC2CCCCNC2=O)cc1. The Morgan fingerprint density at radius 1 is 1.26 bits per heavy atom. The fraction of sp³-hybridized carbons (Fsp3) is 0.412. The monoisotopic (exact) mass is 330 g/mol. The van der Waals surface area contributed by atoms with Crippen LogP contribution in [0.1, 0.15) is 19.3 Å². The summed E-state index contributed by atoms with van der Waals surface area (Å²) in [6.07, 6.45) is 6.78. The molecule has 1 fully saturated rings. The van der Waals surface area contributed by atoms with Gasteiger partial charge in [0.25, 0.3) is 0 Å². The van der Waals surface area contributed by atoms with E-state index in [1.165, 1.54) is 0 Å². The van der Waals surface area contributed by atoms with Crippen molar-refractivity contribution in [1.29, 1.82) is 0 Å². The van der Waals surface area contributed by atoms with E-state index in [0.717, 1.165) is 42.3 Å². The van der Waals surface area contributed by atoms with Crippen LogP contribution in [0.5, 0.6) is 0 Å². The van der Waals surface area contributed by atoms with E-state index in [9.17, 15) is 4.79 Å². The van der Waals surface area contributed by atoms with Gasteiger partial charge in [0.2, 0.25) is 5.91 Å². The number of carbonyl (C=O) groups excluding carboxylic acids is 1. The first-order valence-corrected chi connectivity index (χ1v) is 8.78. The van der Waals surface area contributed by atoms with Crippen molar-refractivity contribution in [2.45, 2.75) is 29.7 Å². The van der Waals surface area contributed by atoms with Crippen LogP contribution in [0, 0.1) is 0 Å². The average molecular weight is 330 g/mol. The smallest absolute Gasteiger partial charge is 0.233 e. The van der Waals surface area contributed by atoms with Gasteiger partial charge in [0.1, 0.15) is 0 Å². The van der Waals surface area contributed by atoms with Gasteiger partial charge in [-0.25, -0.2) is 4.98 Å². The highest BCUT2D eigenvalue weighted by atomic mass is 32.2. The second-order valence-corrected chi connectivity index (χ2v) is 7.05. The first kappa shape index (κ1) is 15.9. The van der Waals surface area contributed by atoms with Crippen LogP contribution in [0.25, 0.3) is 5.69 Å². The molecule has 2 aromatic rings. The minimum absolute atomic E-state index is 0.0558. The van der Waals surface area contributed by atoms with E-state index in [1.54, 1.807) is 18.0 Å². The number of hydrogen-bond donors (Lipinski definition) is 1.